The van der Waals surface area contributed by atoms with Gasteiger partial charge >= 0.3 is 5.97 Å². The van der Waals surface area contributed by atoms with Crippen LogP contribution in [0.3, 0.4) is 0 Å². The van der Waals surface area contributed by atoms with Crippen LogP contribution >= 0.6 is 0 Å². The Morgan fingerprint density at radius 1 is 1.10 bits per heavy atom. The molecule has 1 aromatic heterocycles. The lowest BCUT2D eigenvalue weighted by atomic mass is 10.0. The van der Waals surface area contributed by atoms with E-state index in [0.29, 0.717) is 16.3 Å². The quantitative estimate of drug-likeness (QED) is 0.497. The molecule has 0 aliphatic carbocycles. The zero-order chi connectivity index (χ0) is 21.7. The Morgan fingerprint density at radius 2 is 1.70 bits per heavy atom. The van der Waals surface area contributed by atoms with E-state index in [4.69, 9.17) is 16.0 Å². The molecule has 3 amide bonds. The number of amides is 3. The molecule has 1 fully saturated rings. The summed E-state index contributed by atoms with van der Waals surface area (Å²) in [5, 5.41) is 8.97. The highest BCUT2D eigenvalue weighted by molar-refractivity contribution is 6.20. The molecule has 10 nitrogen and oxygen atoms in total. The molecule has 30 heavy (non-hydrogen) atoms. The van der Waals surface area contributed by atoms with Gasteiger partial charge in [-0.15, -0.1) is 5.06 Å². The van der Waals surface area contributed by atoms with Crippen molar-refractivity contribution >= 4 is 35.1 Å². The van der Waals surface area contributed by atoms with Crippen LogP contribution in [0.4, 0.5) is 5.69 Å². The van der Waals surface area contributed by atoms with E-state index in [2.05, 4.69) is 4.98 Å². The number of nitrogens with one attached hydrogen (secondary N) is 1. The monoisotopic (exact) mass is 409 g/mol. The number of aromatic nitrogens is 1. The van der Waals surface area contributed by atoms with Gasteiger partial charge in [-0.2, -0.15) is 0 Å². The summed E-state index contributed by atoms with van der Waals surface area (Å²) in [6.07, 6.45) is 2.69. The molecule has 0 spiro atoms. The van der Waals surface area contributed by atoms with Crippen molar-refractivity contribution in [2.45, 2.75) is 18.9 Å². The van der Waals surface area contributed by atoms with Crippen LogP contribution < -0.4 is 10.6 Å². The molecule has 1 aromatic carbocycles. The van der Waals surface area contributed by atoms with Gasteiger partial charge in [0.1, 0.15) is 0 Å². The Bertz CT molecular complexity index is 964. The van der Waals surface area contributed by atoms with Crippen molar-refractivity contribution < 1.29 is 24.0 Å². The molecule has 1 atom stereocenters. The third-order valence-electron chi connectivity index (χ3n) is 4.41. The van der Waals surface area contributed by atoms with Gasteiger partial charge in [-0.25, -0.2) is 4.79 Å². The number of para-hydroxylation sites is 1. The fourth-order valence-corrected chi connectivity index (χ4v) is 2.96. The molecule has 3 rings (SSSR count). The molecular weight excluding hydrogens is 390 g/mol. The van der Waals surface area contributed by atoms with E-state index in [1.165, 1.54) is 24.5 Å². The van der Waals surface area contributed by atoms with E-state index in [1.54, 1.807) is 30.3 Å². The van der Waals surface area contributed by atoms with Crippen LogP contribution in [0.1, 0.15) is 18.4 Å². The molecule has 0 unspecified atom stereocenters. The number of benzene rings is 1. The molecular formula is C20H19N5O5. The van der Waals surface area contributed by atoms with Crippen LogP contribution in [0.2, 0.25) is 0 Å². The van der Waals surface area contributed by atoms with Crippen LogP contribution in [-0.2, 0) is 24.0 Å². The van der Waals surface area contributed by atoms with Crippen molar-refractivity contribution in [3.8, 4) is 0 Å². The maximum absolute atomic E-state index is 13.1. The van der Waals surface area contributed by atoms with Crippen LogP contribution in [0.25, 0.3) is 0 Å². The van der Waals surface area contributed by atoms with E-state index < -0.39 is 36.3 Å². The SMILES string of the molecule is N=C(c1ccncc1)[C@@H](C(=O)ON1C(=O)CCC1=O)N(C(=O)CN)c1ccccc1. The first-order chi connectivity index (χ1) is 14.4. The summed E-state index contributed by atoms with van der Waals surface area (Å²) in [6, 6.07) is 9.55. The average Bonchev–Trinajstić information content (AvgIpc) is 3.09. The molecule has 2 heterocycles. The summed E-state index contributed by atoms with van der Waals surface area (Å²) in [4.78, 5) is 59.5. The van der Waals surface area contributed by atoms with Gasteiger partial charge in [-0.3, -0.25) is 24.3 Å². The maximum atomic E-state index is 13.1. The fourth-order valence-electron chi connectivity index (χ4n) is 2.96. The molecule has 1 saturated heterocycles. The van der Waals surface area contributed by atoms with Crippen LogP contribution in [0.15, 0.2) is 54.9 Å². The summed E-state index contributed by atoms with van der Waals surface area (Å²) in [6.45, 7) is -0.441. The van der Waals surface area contributed by atoms with Gasteiger partial charge in [0.25, 0.3) is 11.8 Å². The van der Waals surface area contributed by atoms with E-state index >= 15 is 0 Å². The predicted molar refractivity (Wildman–Crippen MR) is 105 cm³/mol. The number of hydroxylamine groups is 2. The molecule has 154 valence electrons. The van der Waals surface area contributed by atoms with Crippen molar-refractivity contribution in [2.75, 3.05) is 11.4 Å². The average molecular weight is 409 g/mol. The lowest BCUT2D eigenvalue weighted by Crippen LogP contribution is -2.54. The number of nitrogens with two attached hydrogens (primary N) is 1. The summed E-state index contributed by atoms with van der Waals surface area (Å²) in [7, 11) is 0. The Balaban J connectivity index is 2.04. The highest BCUT2D eigenvalue weighted by Gasteiger charge is 2.40. The number of rotatable bonds is 7. The Hall–Kier alpha value is -3.92. The van der Waals surface area contributed by atoms with E-state index in [9.17, 15) is 19.2 Å². The number of pyridine rings is 1. The number of nitrogens with zero attached hydrogens (tertiary/aromatic N) is 3. The molecule has 0 bridgehead atoms. The van der Waals surface area contributed by atoms with Gasteiger partial charge in [0.2, 0.25) is 5.91 Å². The van der Waals surface area contributed by atoms with Gasteiger partial charge in [0, 0.05) is 36.5 Å². The molecule has 0 radical (unpaired) electrons. The molecule has 0 saturated carbocycles. The van der Waals surface area contributed by atoms with Gasteiger partial charge in [0.15, 0.2) is 6.04 Å². The van der Waals surface area contributed by atoms with E-state index in [0.717, 1.165) is 4.90 Å². The summed E-state index contributed by atoms with van der Waals surface area (Å²) in [5.41, 5.74) is 5.87. The molecule has 1 aliphatic heterocycles. The molecule has 10 heteroatoms. The summed E-state index contributed by atoms with van der Waals surface area (Å²) in [5.74, 6) is -3.12. The second-order valence-electron chi connectivity index (χ2n) is 6.35. The standard InChI is InChI=1S/C20H19N5O5/c21-12-17(28)24(14-4-2-1-3-5-14)19(18(22)13-8-10-23-11-9-13)20(29)30-25-15(26)6-7-16(25)27/h1-5,8-11,19,22H,6-7,12,21H2/t19-/m0/s1. The van der Waals surface area contributed by atoms with Crippen molar-refractivity contribution in [3.63, 3.8) is 0 Å². The molecule has 1 aliphatic rings. The largest absolute Gasteiger partial charge is 0.361 e. The lowest BCUT2D eigenvalue weighted by Gasteiger charge is -2.31. The first kappa shape index (κ1) is 20.8. The molecule has 2 aromatic rings. The lowest BCUT2D eigenvalue weighted by molar-refractivity contribution is -0.197. The number of carbonyl (C=O) groups is 4. The van der Waals surface area contributed by atoms with Gasteiger partial charge < -0.3 is 16.0 Å². The second-order valence-corrected chi connectivity index (χ2v) is 6.35. The zero-order valence-corrected chi connectivity index (χ0v) is 15.9. The van der Waals surface area contributed by atoms with Crippen molar-refractivity contribution in [3.05, 3.63) is 60.4 Å². The number of carbonyl (C=O) groups excluding carboxylic acids is 4. The second kappa shape index (κ2) is 9.05. The van der Waals surface area contributed by atoms with Crippen LogP contribution in [0, 0.1) is 5.41 Å². The normalized spacial score (nSPS) is 14.4. The van der Waals surface area contributed by atoms with Crippen LogP contribution in [-0.4, -0.2) is 52.0 Å². The van der Waals surface area contributed by atoms with Gasteiger partial charge in [-0.05, 0) is 24.3 Å². The van der Waals surface area contributed by atoms with Gasteiger partial charge in [-0.1, -0.05) is 18.2 Å². The number of hydrogen-bond acceptors (Lipinski definition) is 8. The Labute approximate surface area is 171 Å². The molecule has 3 N–H and O–H groups in total. The Kier molecular flexibility index (Phi) is 6.28. The highest BCUT2D eigenvalue weighted by Crippen LogP contribution is 2.22. The number of hydrogen-bond donors (Lipinski definition) is 2. The third kappa shape index (κ3) is 4.23. The van der Waals surface area contributed by atoms with E-state index in [-0.39, 0.29) is 18.6 Å². The van der Waals surface area contributed by atoms with Crippen molar-refractivity contribution in [1.82, 2.24) is 10.0 Å². The minimum absolute atomic E-state index is 0.0806. The first-order valence-corrected chi connectivity index (χ1v) is 9.07. The third-order valence-corrected chi connectivity index (χ3v) is 4.41. The highest BCUT2D eigenvalue weighted by atomic mass is 16.7. The summed E-state index contributed by atoms with van der Waals surface area (Å²) >= 11 is 0. The summed E-state index contributed by atoms with van der Waals surface area (Å²) < 4.78 is 0. The minimum Gasteiger partial charge on any atom is -0.328 e. The number of imide groups is 1. The van der Waals surface area contributed by atoms with Gasteiger partial charge in [0.05, 0.1) is 12.3 Å². The smallest absolute Gasteiger partial charge is 0.328 e. The van der Waals surface area contributed by atoms with Crippen LogP contribution in [0.5, 0.6) is 0 Å². The maximum Gasteiger partial charge on any atom is 0.361 e. The zero-order valence-electron chi connectivity index (χ0n) is 15.9. The van der Waals surface area contributed by atoms with Crippen molar-refractivity contribution in [2.24, 2.45) is 5.73 Å². The first-order valence-electron chi connectivity index (χ1n) is 9.07. The van der Waals surface area contributed by atoms with Crippen molar-refractivity contribution in [1.29, 1.82) is 5.41 Å². The topological polar surface area (TPSA) is 147 Å². The fraction of sp³-hybridized carbons (Fsp3) is 0.200. The minimum atomic E-state index is -1.59. The van der Waals surface area contributed by atoms with E-state index in [1.807, 2.05) is 0 Å². The predicted octanol–water partition coefficient (Wildman–Crippen LogP) is 0.417. The number of anilines is 1. The Morgan fingerprint density at radius 3 is 2.27 bits per heavy atom.